The number of hydrogen-bond acceptors (Lipinski definition) is 4. The van der Waals surface area contributed by atoms with Crippen molar-refractivity contribution in [3.63, 3.8) is 0 Å². The molecule has 9 heteroatoms. The van der Waals surface area contributed by atoms with Crippen molar-refractivity contribution >= 4 is 18.3 Å². The fraction of sp³-hybridized carbons (Fsp3) is 0.889. The molecule has 1 aliphatic heterocycles. The minimum Gasteiger partial charge on any atom is -0.382 e. The molecule has 0 aromatic rings. The number of carbonyl (C=O) groups is 1. The number of amides is 1. The third-order valence-electron chi connectivity index (χ3n) is 2.45. The molecule has 18 heavy (non-hydrogen) atoms. The number of aliphatic hydroxyl groups excluding tert-OH is 1. The van der Waals surface area contributed by atoms with Crippen molar-refractivity contribution in [3.8, 4) is 0 Å². The molecule has 108 valence electrons. The Morgan fingerprint density at radius 1 is 1.61 bits per heavy atom. The average molecular weight is 293 g/mol. The topological polar surface area (TPSA) is 70.6 Å². The summed E-state index contributed by atoms with van der Waals surface area (Å²) in [6, 6.07) is -0.691. The zero-order valence-electron chi connectivity index (χ0n) is 9.66. The number of carbonyl (C=O) groups excluding carboxylic acids is 1. The third kappa shape index (κ3) is 4.97. The maximum Gasteiger partial charge on any atom is 0.416 e. The van der Waals surface area contributed by atoms with Gasteiger partial charge in [-0.2, -0.15) is 13.2 Å². The smallest absolute Gasteiger partial charge is 0.382 e. The van der Waals surface area contributed by atoms with E-state index >= 15 is 0 Å². The van der Waals surface area contributed by atoms with E-state index < -0.39 is 36.9 Å². The van der Waals surface area contributed by atoms with Crippen molar-refractivity contribution < 1.29 is 27.8 Å². The summed E-state index contributed by atoms with van der Waals surface area (Å²) >= 11 is 0. The van der Waals surface area contributed by atoms with Crippen LogP contribution in [0.4, 0.5) is 13.2 Å². The van der Waals surface area contributed by atoms with Gasteiger partial charge in [-0.3, -0.25) is 4.79 Å². The zero-order chi connectivity index (χ0) is 13.1. The number of rotatable bonds is 3. The summed E-state index contributed by atoms with van der Waals surface area (Å²) in [6.45, 7) is 1.71. The number of aliphatic hydroxyl groups is 1. The van der Waals surface area contributed by atoms with Gasteiger partial charge in [-0.05, 0) is 6.92 Å². The van der Waals surface area contributed by atoms with Crippen LogP contribution < -0.4 is 10.6 Å². The monoisotopic (exact) mass is 292 g/mol. The Hall–Kier alpha value is -0.570. The van der Waals surface area contributed by atoms with E-state index in [9.17, 15) is 18.0 Å². The number of halogens is 4. The zero-order valence-corrected chi connectivity index (χ0v) is 10.5. The van der Waals surface area contributed by atoms with Crippen LogP contribution in [0.5, 0.6) is 0 Å². The highest BCUT2D eigenvalue weighted by Gasteiger charge is 2.39. The Bertz CT molecular complexity index is 278. The van der Waals surface area contributed by atoms with E-state index in [1.807, 2.05) is 5.32 Å². The lowest BCUT2D eigenvalue weighted by Gasteiger charge is -2.29. The van der Waals surface area contributed by atoms with Crippen molar-refractivity contribution in [2.24, 2.45) is 0 Å². The number of nitrogens with one attached hydrogen (secondary N) is 2. The Morgan fingerprint density at radius 2 is 2.22 bits per heavy atom. The molecule has 1 rings (SSSR count). The van der Waals surface area contributed by atoms with Gasteiger partial charge in [0.2, 0.25) is 5.91 Å². The minimum atomic E-state index is -4.73. The summed E-state index contributed by atoms with van der Waals surface area (Å²) < 4.78 is 41.1. The van der Waals surface area contributed by atoms with E-state index in [-0.39, 0.29) is 12.4 Å². The molecule has 0 aliphatic carbocycles. The Morgan fingerprint density at radius 3 is 2.72 bits per heavy atom. The quantitative estimate of drug-likeness (QED) is 0.675. The van der Waals surface area contributed by atoms with Crippen LogP contribution in [-0.4, -0.2) is 55.1 Å². The highest BCUT2D eigenvalue weighted by Crippen LogP contribution is 2.19. The second-order valence-electron chi connectivity index (χ2n) is 3.81. The van der Waals surface area contributed by atoms with Crippen molar-refractivity contribution in [1.82, 2.24) is 10.6 Å². The third-order valence-corrected chi connectivity index (χ3v) is 2.45. The van der Waals surface area contributed by atoms with E-state index in [1.165, 1.54) is 0 Å². The Labute approximate surface area is 108 Å². The largest absolute Gasteiger partial charge is 0.416 e. The van der Waals surface area contributed by atoms with E-state index in [2.05, 4.69) is 5.32 Å². The summed E-state index contributed by atoms with van der Waals surface area (Å²) in [6.07, 6.45) is -7.69. The first-order valence-electron chi connectivity index (χ1n) is 5.20. The lowest BCUT2D eigenvalue weighted by Crippen LogP contribution is -2.56. The van der Waals surface area contributed by atoms with Crippen LogP contribution in [0, 0.1) is 0 Å². The first-order valence-corrected chi connectivity index (χ1v) is 5.20. The van der Waals surface area contributed by atoms with Gasteiger partial charge in [0.15, 0.2) is 6.10 Å². The van der Waals surface area contributed by atoms with Gasteiger partial charge in [-0.25, -0.2) is 0 Å². The molecule has 0 aromatic carbocycles. The summed E-state index contributed by atoms with van der Waals surface area (Å²) in [5, 5.41) is 13.6. The SMILES string of the molecule is C[C@H]1OCCN[C@@H]1C(=O)NCC(O)C(F)(F)F.Cl. The first-order chi connectivity index (χ1) is 7.82. The number of ether oxygens (including phenoxy) is 1. The van der Waals surface area contributed by atoms with Crippen molar-refractivity contribution in [1.29, 1.82) is 0 Å². The molecular formula is C9H16ClF3N2O3. The molecule has 0 saturated carbocycles. The fourth-order valence-electron chi connectivity index (χ4n) is 1.45. The Kier molecular flexibility index (Phi) is 6.90. The van der Waals surface area contributed by atoms with Crippen LogP contribution >= 0.6 is 12.4 Å². The van der Waals surface area contributed by atoms with Crippen LogP contribution in [0.15, 0.2) is 0 Å². The Balaban J connectivity index is 0.00000289. The normalized spacial score (nSPS) is 26.1. The number of morpholine rings is 1. The number of alkyl halides is 3. The fourth-order valence-corrected chi connectivity index (χ4v) is 1.45. The second-order valence-corrected chi connectivity index (χ2v) is 3.81. The molecule has 1 amide bonds. The molecule has 5 nitrogen and oxygen atoms in total. The van der Waals surface area contributed by atoms with Crippen molar-refractivity contribution in [2.75, 3.05) is 19.7 Å². The van der Waals surface area contributed by atoms with Crippen LogP contribution in [0.2, 0.25) is 0 Å². The number of hydrogen-bond donors (Lipinski definition) is 3. The van der Waals surface area contributed by atoms with Gasteiger partial charge in [0, 0.05) is 6.54 Å². The minimum absolute atomic E-state index is 0. The van der Waals surface area contributed by atoms with Crippen LogP contribution in [0.3, 0.4) is 0 Å². The summed E-state index contributed by atoms with van der Waals surface area (Å²) in [7, 11) is 0. The first kappa shape index (κ1) is 17.4. The van der Waals surface area contributed by atoms with Gasteiger partial charge >= 0.3 is 6.18 Å². The van der Waals surface area contributed by atoms with E-state index in [0.717, 1.165) is 0 Å². The van der Waals surface area contributed by atoms with E-state index in [0.29, 0.717) is 13.2 Å². The molecule has 1 heterocycles. The molecule has 0 spiro atoms. The van der Waals surface area contributed by atoms with Crippen LogP contribution in [0.25, 0.3) is 0 Å². The van der Waals surface area contributed by atoms with Crippen LogP contribution in [-0.2, 0) is 9.53 Å². The predicted octanol–water partition coefficient (Wildman–Crippen LogP) is -0.175. The highest BCUT2D eigenvalue weighted by molar-refractivity contribution is 5.85. The molecule has 1 unspecified atom stereocenters. The maximum atomic E-state index is 12.0. The molecule has 0 aromatic heterocycles. The lowest BCUT2D eigenvalue weighted by atomic mass is 10.1. The van der Waals surface area contributed by atoms with Gasteiger partial charge in [0.05, 0.1) is 19.3 Å². The van der Waals surface area contributed by atoms with Gasteiger partial charge in [-0.1, -0.05) is 0 Å². The molecule has 1 aliphatic rings. The molecule has 3 N–H and O–H groups in total. The van der Waals surface area contributed by atoms with E-state index in [1.54, 1.807) is 6.92 Å². The van der Waals surface area contributed by atoms with Crippen LogP contribution in [0.1, 0.15) is 6.92 Å². The van der Waals surface area contributed by atoms with Gasteiger partial charge in [-0.15, -0.1) is 12.4 Å². The summed E-state index contributed by atoms with van der Waals surface area (Å²) in [5.74, 6) is -0.611. The van der Waals surface area contributed by atoms with Gasteiger partial charge in [0.25, 0.3) is 0 Å². The molecule has 1 saturated heterocycles. The molecule has 0 bridgehead atoms. The van der Waals surface area contributed by atoms with E-state index in [4.69, 9.17) is 9.84 Å². The lowest BCUT2D eigenvalue weighted by molar-refractivity contribution is -0.202. The summed E-state index contributed by atoms with van der Waals surface area (Å²) in [5.41, 5.74) is 0. The predicted molar refractivity (Wildman–Crippen MR) is 59.5 cm³/mol. The average Bonchev–Trinajstić information content (AvgIpc) is 2.24. The molecule has 1 fully saturated rings. The highest BCUT2D eigenvalue weighted by atomic mass is 35.5. The standard InChI is InChI=1S/C9H15F3N2O3.ClH/c1-5-7(13-2-3-17-5)8(16)14-4-6(15)9(10,11)12;/h5-7,13,15H,2-4H2,1H3,(H,14,16);1H/t5-,6?,7+;/m1./s1. The molecule has 0 radical (unpaired) electrons. The van der Waals surface area contributed by atoms with Crippen molar-refractivity contribution in [2.45, 2.75) is 31.3 Å². The second kappa shape index (κ2) is 7.13. The molecular weight excluding hydrogens is 277 g/mol. The maximum absolute atomic E-state index is 12.0. The summed E-state index contributed by atoms with van der Waals surface area (Å²) in [4.78, 5) is 11.5. The van der Waals surface area contributed by atoms with Gasteiger partial charge in [0.1, 0.15) is 6.04 Å². The molecule has 3 atom stereocenters. The van der Waals surface area contributed by atoms with Crippen molar-refractivity contribution in [3.05, 3.63) is 0 Å². The van der Waals surface area contributed by atoms with Gasteiger partial charge < -0.3 is 20.5 Å².